The van der Waals surface area contributed by atoms with Crippen LogP contribution < -0.4 is 5.73 Å². The number of rotatable bonds is 3. The number of carbonyl (C=O) groups is 1. The molecule has 0 aliphatic heterocycles. The molecule has 1 aliphatic carbocycles. The van der Waals surface area contributed by atoms with Gasteiger partial charge in [0.05, 0.1) is 23.6 Å². The van der Waals surface area contributed by atoms with E-state index in [1.807, 2.05) is 0 Å². The molecule has 2 aromatic rings. The van der Waals surface area contributed by atoms with Crippen molar-refractivity contribution in [3.05, 3.63) is 41.5 Å². The minimum absolute atomic E-state index is 0.109. The molecule has 0 amide bonds. The first-order chi connectivity index (χ1) is 12.6. The number of nitrogens with two attached hydrogens (primary N) is 1. The van der Waals surface area contributed by atoms with Crippen molar-refractivity contribution >= 4 is 11.8 Å². The second kappa shape index (κ2) is 7.23. The number of esters is 1. The van der Waals surface area contributed by atoms with Gasteiger partial charge < -0.3 is 15.6 Å². The maximum absolute atomic E-state index is 14.5. The molecule has 1 aliphatic rings. The lowest BCUT2D eigenvalue weighted by Crippen LogP contribution is -2.24. The monoisotopic (exact) mass is 373 g/mol. The van der Waals surface area contributed by atoms with Gasteiger partial charge in [0.25, 0.3) is 0 Å². The molecule has 3 rings (SSSR count). The molecule has 0 spiro atoms. The molecule has 1 heterocycles. The molecule has 144 valence electrons. The number of hydrogen-bond acceptors (Lipinski definition) is 6. The summed E-state index contributed by atoms with van der Waals surface area (Å²) in [4.78, 5) is 20.8. The van der Waals surface area contributed by atoms with Crippen LogP contribution in [-0.2, 0) is 4.74 Å². The van der Waals surface area contributed by atoms with Crippen molar-refractivity contribution in [2.75, 3.05) is 5.73 Å². The predicted octanol–water partition coefficient (Wildman–Crippen LogP) is 3.45. The number of ether oxygens (including phenoxy) is 1. The second-order valence-electron chi connectivity index (χ2n) is 7.89. The molecular formula is C20H24FN3O3. The van der Waals surface area contributed by atoms with Gasteiger partial charge in [0.15, 0.2) is 0 Å². The number of aromatic nitrogens is 2. The van der Waals surface area contributed by atoms with Crippen LogP contribution in [0.5, 0.6) is 0 Å². The van der Waals surface area contributed by atoms with Crippen LogP contribution in [0.1, 0.15) is 62.0 Å². The van der Waals surface area contributed by atoms with E-state index in [2.05, 4.69) is 9.97 Å². The van der Waals surface area contributed by atoms with Gasteiger partial charge in [-0.05, 0) is 52.2 Å². The van der Waals surface area contributed by atoms with Crippen LogP contribution in [0, 0.1) is 5.82 Å². The fraction of sp³-hybridized carbons (Fsp3) is 0.450. The van der Waals surface area contributed by atoms with E-state index in [4.69, 9.17) is 10.5 Å². The molecule has 1 aromatic heterocycles. The highest BCUT2D eigenvalue weighted by atomic mass is 19.1. The van der Waals surface area contributed by atoms with Crippen molar-refractivity contribution in [1.82, 2.24) is 9.97 Å². The van der Waals surface area contributed by atoms with Crippen molar-refractivity contribution in [2.24, 2.45) is 0 Å². The number of benzene rings is 1. The van der Waals surface area contributed by atoms with Gasteiger partial charge in [0, 0.05) is 11.5 Å². The van der Waals surface area contributed by atoms with E-state index in [0.717, 1.165) is 18.5 Å². The van der Waals surface area contributed by atoms with Crippen LogP contribution in [0.2, 0.25) is 0 Å². The van der Waals surface area contributed by atoms with Crippen LogP contribution >= 0.6 is 0 Å². The van der Waals surface area contributed by atoms with Gasteiger partial charge in [-0.1, -0.05) is 6.07 Å². The van der Waals surface area contributed by atoms with Crippen molar-refractivity contribution < 1.29 is 19.0 Å². The smallest absolute Gasteiger partial charge is 0.341 e. The summed E-state index contributed by atoms with van der Waals surface area (Å²) in [6.07, 6.45) is 3.45. The first kappa shape index (κ1) is 19.2. The Bertz CT molecular complexity index is 864. The van der Waals surface area contributed by atoms with E-state index in [1.165, 1.54) is 12.1 Å². The zero-order valence-electron chi connectivity index (χ0n) is 15.7. The number of nitrogen functional groups attached to an aromatic ring is 1. The molecule has 3 N–H and O–H groups in total. The summed E-state index contributed by atoms with van der Waals surface area (Å²) in [6.45, 7) is 5.16. The third kappa shape index (κ3) is 4.42. The third-order valence-corrected chi connectivity index (χ3v) is 4.50. The largest absolute Gasteiger partial charge is 0.456 e. The van der Waals surface area contributed by atoms with Gasteiger partial charge in [-0.3, -0.25) is 0 Å². The van der Waals surface area contributed by atoms with Crippen LogP contribution in [0.3, 0.4) is 0 Å². The molecule has 6 nitrogen and oxygen atoms in total. The molecule has 0 radical (unpaired) electrons. The Balaban J connectivity index is 1.90. The molecule has 27 heavy (non-hydrogen) atoms. The normalized spacial score (nSPS) is 19.9. The summed E-state index contributed by atoms with van der Waals surface area (Å²) in [6, 6.07) is 4.16. The fourth-order valence-electron chi connectivity index (χ4n) is 3.21. The number of anilines is 1. The average molecular weight is 373 g/mol. The number of halogens is 1. The first-order valence-electron chi connectivity index (χ1n) is 8.98. The Kier molecular flexibility index (Phi) is 5.15. The Hall–Kier alpha value is -2.54. The quantitative estimate of drug-likeness (QED) is 0.800. The number of nitrogens with zero attached hydrogens (tertiary/aromatic N) is 2. The fourth-order valence-corrected chi connectivity index (χ4v) is 3.21. The van der Waals surface area contributed by atoms with Crippen molar-refractivity contribution in [3.8, 4) is 11.3 Å². The summed E-state index contributed by atoms with van der Waals surface area (Å²) < 4.78 is 19.7. The highest BCUT2D eigenvalue weighted by molar-refractivity contribution is 5.90. The van der Waals surface area contributed by atoms with E-state index in [9.17, 15) is 14.3 Å². The van der Waals surface area contributed by atoms with Gasteiger partial charge in [0.1, 0.15) is 22.9 Å². The molecule has 2 atom stereocenters. The molecule has 2 unspecified atom stereocenters. The maximum atomic E-state index is 14.5. The first-order valence-corrected chi connectivity index (χ1v) is 8.98. The molecule has 1 fully saturated rings. The minimum atomic E-state index is -0.723. The average Bonchev–Trinajstić information content (AvgIpc) is 3.00. The molecule has 7 heteroatoms. The van der Waals surface area contributed by atoms with Crippen LogP contribution in [0.25, 0.3) is 11.3 Å². The Morgan fingerprint density at radius 3 is 2.67 bits per heavy atom. The van der Waals surface area contributed by atoms with Crippen LogP contribution in [0.4, 0.5) is 10.2 Å². The Morgan fingerprint density at radius 2 is 2.07 bits per heavy atom. The lowest BCUT2D eigenvalue weighted by atomic mass is 10.0. The lowest BCUT2D eigenvalue weighted by Gasteiger charge is -2.19. The SMILES string of the molecule is CC(C)(C)OC(=O)c1ccc(-c2nc(C3CCC(O)C3)cnc2N)cc1F. The Labute approximate surface area is 157 Å². The summed E-state index contributed by atoms with van der Waals surface area (Å²) in [5.41, 5.74) is 6.62. The second-order valence-corrected chi connectivity index (χ2v) is 7.89. The zero-order valence-corrected chi connectivity index (χ0v) is 15.7. The van der Waals surface area contributed by atoms with Crippen molar-refractivity contribution in [2.45, 2.75) is 57.7 Å². The van der Waals surface area contributed by atoms with Crippen LogP contribution in [-0.4, -0.2) is 32.7 Å². The van der Waals surface area contributed by atoms with Crippen molar-refractivity contribution in [3.63, 3.8) is 0 Å². The summed E-state index contributed by atoms with van der Waals surface area (Å²) in [5.74, 6) is -1.14. The lowest BCUT2D eigenvalue weighted by molar-refractivity contribution is 0.00647. The molecule has 0 bridgehead atoms. The summed E-state index contributed by atoms with van der Waals surface area (Å²) >= 11 is 0. The van der Waals surface area contributed by atoms with E-state index >= 15 is 0 Å². The molecule has 0 saturated heterocycles. The molecule has 1 aromatic carbocycles. The van der Waals surface area contributed by atoms with Gasteiger partial charge in [0.2, 0.25) is 0 Å². The van der Waals surface area contributed by atoms with Crippen molar-refractivity contribution in [1.29, 1.82) is 0 Å². The molecule has 1 saturated carbocycles. The van der Waals surface area contributed by atoms with E-state index in [-0.39, 0.29) is 23.4 Å². The molecular weight excluding hydrogens is 349 g/mol. The number of hydrogen-bond donors (Lipinski definition) is 2. The maximum Gasteiger partial charge on any atom is 0.341 e. The highest BCUT2D eigenvalue weighted by Gasteiger charge is 2.26. The van der Waals surface area contributed by atoms with Gasteiger partial charge in [-0.2, -0.15) is 0 Å². The van der Waals surface area contributed by atoms with E-state index in [0.29, 0.717) is 17.7 Å². The van der Waals surface area contributed by atoms with Gasteiger partial charge >= 0.3 is 5.97 Å². The topological polar surface area (TPSA) is 98.3 Å². The number of aliphatic hydroxyl groups is 1. The van der Waals surface area contributed by atoms with Gasteiger partial charge in [-0.15, -0.1) is 0 Å². The number of carbonyl (C=O) groups excluding carboxylic acids is 1. The number of aliphatic hydroxyl groups excluding tert-OH is 1. The predicted molar refractivity (Wildman–Crippen MR) is 99.6 cm³/mol. The summed E-state index contributed by atoms with van der Waals surface area (Å²) in [7, 11) is 0. The van der Waals surface area contributed by atoms with E-state index < -0.39 is 17.4 Å². The standard InChI is InChI=1S/C20H24FN3O3/c1-20(2,3)27-19(26)14-7-5-12(9-15(14)21)17-18(22)23-10-16(24-17)11-4-6-13(25)8-11/h5,7,9-11,13,25H,4,6,8H2,1-3H3,(H2,22,23). The van der Waals surface area contributed by atoms with Gasteiger partial charge in [-0.25, -0.2) is 19.2 Å². The Morgan fingerprint density at radius 1 is 1.33 bits per heavy atom. The van der Waals surface area contributed by atoms with E-state index in [1.54, 1.807) is 33.0 Å². The van der Waals surface area contributed by atoms with Crippen LogP contribution in [0.15, 0.2) is 24.4 Å². The zero-order chi connectivity index (χ0) is 19.8. The summed E-state index contributed by atoms with van der Waals surface area (Å²) in [5, 5.41) is 9.74. The minimum Gasteiger partial charge on any atom is -0.456 e. The highest BCUT2D eigenvalue weighted by Crippen LogP contribution is 2.35. The third-order valence-electron chi connectivity index (χ3n) is 4.50.